The molecule has 0 fully saturated rings. The van der Waals surface area contributed by atoms with Crippen molar-refractivity contribution in [3.63, 3.8) is 0 Å². The van der Waals surface area contributed by atoms with Crippen molar-refractivity contribution in [2.75, 3.05) is 0 Å². The van der Waals surface area contributed by atoms with Crippen LogP contribution in [0.3, 0.4) is 0 Å². The van der Waals surface area contributed by atoms with Crippen LogP contribution in [0.15, 0.2) is 84.9 Å². The molecule has 0 aliphatic heterocycles. The van der Waals surface area contributed by atoms with Gasteiger partial charge in [-0.2, -0.15) is 18.2 Å². The fraction of sp³-hybridized carbons (Fsp3) is 0. The van der Waals surface area contributed by atoms with Crippen molar-refractivity contribution in [2.45, 2.75) is 0 Å². The molecule has 4 heteroatoms. The Kier molecular flexibility index (Phi) is 8.63. The number of aromatic nitrogens is 1. The summed E-state index contributed by atoms with van der Waals surface area (Å²) in [7, 11) is 0. The number of H-pyrrole nitrogens is 1. The van der Waals surface area contributed by atoms with Crippen molar-refractivity contribution < 1.29 is 17.1 Å². The molecule has 4 rings (SSSR count). The zero-order valence-corrected chi connectivity index (χ0v) is 14.0. The van der Waals surface area contributed by atoms with Crippen molar-refractivity contribution in [3.8, 4) is 0 Å². The minimum atomic E-state index is 0. The van der Waals surface area contributed by atoms with Gasteiger partial charge >= 0.3 is 0 Å². The molecule has 0 radical (unpaired) electrons. The van der Waals surface area contributed by atoms with E-state index >= 15 is 0 Å². The van der Waals surface area contributed by atoms with Gasteiger partial charge in [-0.15, -0.1) is 11.3 Å². The first-order chi connectivity index (χ1) is 9.86. The third kappa shape index (κ3) is 6.69. The van der Waals surface area contributed by atoms with Crippen LogP contribution >= 0.6 is 23.6 Å². The summed E-state index contributed by atoms with van der Waals surface area (Å²) in [6, 6.07) is 28.1. The second-order valence-corrected chi connectivity index (χ2v) is 5.65. The molecule has 3 aromatic carbocycles. The average molecular weight is 353 g/mol. The Hall–Kier alpha value is -1.45. The van der Waals surface area contributed by atoms with Crippen LogP contribution < -0.4 is 0 Å². The number of benzene rings is 1. The van der Waals surface area contributed by atoms with Gasteiger partial charge in [0.25, 0.3) is 0 Å². The number of rotatable bonds is 0. The second kappa shape index (κ2) is 10.3. The summed E-state index contributed by atoms with van der Waals surface area (Å²) in [5.41, 5.74) is 1.14. The zero-order valence-electron chi connectivity index (χ0n) is 11.3. The maximum Gasteiger partial charge on any atom is 0.159 e. The molecule has 1 nitrogen and oxygen atoms in total. The number of nitrogens with one attached hydrogen (secondary N) is 1. The van der Waals surface area contributed by atoms with E-state index in [2.05, 4.69) is 11.1 Å². The number of aromatic amines is 1. The van der Waals surface area contributed by atoms with Crippen LogP contribution in [-0.2, 0) is 17.1 Å². The van der Waals surface area contributed by atoms with E-state index < -0.39 is 0 Å². The number of para-hydroxylation sites is 1. The van der Waals surface area contributed by atoms with Crippen LogP contribution in [0, 0.1) is 3.95 Å². The summed E-state index contributed by atoms with van der Waals surface area (Å²) < 4.78 is 2.08. The molecular formula is C17H15FeNS2-6. The van der Waals surface area contributed by atoms with Crippen LogP contribution in [0.2, 0.25) is 0 Å². The van der Waals surface area contributed by atoms with Crippen molar-refractivity contribution in [1.82, 2.24) is 4.98 Å². The van der Waals surface area contributed by atoms with Crippen LogP contribution in [0.4, 0.5) is 0 Å². The third-order valence-corrected chi connectivity index (χ3v) is 3.65. The summed E-state index contributed by atoms with van der Waals surface area (Å²) in [6.07, 6.45) is 0. The Morgan fingerprint density at radius 1 is 0.857 bits per heavy atom. The molecule has 0 atom stereocenters. The van der Waals surface area contributed by atoms with Crippen molar-refractivity contribution in [3.05, 3.63) is 88.9 Å². The van der Waals surface area contributed by atoms with E-state index in [0.29, 0.717) is 0 Å². The summed E-state index contributed by atoms with van der Waals surface area (Å²) >= 11 is 6.59. The van der Waals surface area contributed by atoms with Crippen LogP contribution in [0.5, 0.6) is 0 Å². The van der Waals surface area contributed by atoms with Crippen LogP contribution in [-0.4, -0.2) is 4.98 Å². The Bertz CT molecular complexity index is 640. The predicted molar refractivity (Wildman–Crippen MR) is 91.1 cm³/mol. The van der Waals surface area contributed by atoms with Gasteiger partial charge in [-0.3, -0.25) is 0 Å². The largest absolute Gasteiger partial charge is 0.748 e. The molecule has 0 aliphatic carbocycles. The monoisotopic (exact) mass is 353 g/mol. The first-order valence-electron chi connectivity index (χ1n) is 6.27. The third-order valence-electron chi connectivity index (χ3n) is 2.44. The topological polar surface area (TPSA) is 15.8 Å². The fourth-order valence-corrected chi connectivity index (χ4v) is 2.65. The van der Waals surface area contributed by atoms with E-state index in [1.165, 1.54) is 4.70 Å². The standard InChI is InChI=1S/C7H5NS2.2C5H5.Fe/c9-7-8-5-3-1-2-4-6(5)10-7;2*1-2-4-5-3-1;/h1-4H,(H,8,9);2*1-5H;/q;-5;-1;. The Balaban J connectivity index is 0.000000171. The molecule has 4 aromatic rings. The molecule has 0 amide bonds. The number of thiazole rings is 1. The Morgan fingerprint density at radius 2 is 1.43 bits per heavy atom. The zero-order chi connectivity index (χ0) is 14.0. The molecule has 1 heterocycles. The average Bonchev–Trinajstić information content (AvgIpc) is 3.23. The molecule has 21 heavy (non-hydrogen) atoms. The van der Waals surface area contributed by atoms with Crippen LogP contribution in [0.1, 0.15) is 0 Å². The maximum atomic E-state index is 4.98. The molecule has 1 aromatic heterocycles. The molecule has 1 N–H and O–H groups in total. The molecular weight excluding hydrogens is 338 g/mol. The molecule has 0 spiro atoms. The summed E-state index contributed by atoms with van der Waals surface area (Å²) in [4.78, 5) is 3.09. The predicted octanol–water partition coefficient (Wildman–Crippen LogP) is 5.77. The van der Waals surface area contributed by atoms with Gasteiger partial charge in [0.05, 0.1) is 10.2 Å². The minimum absolute atomic E-state index is 0. The van der Waals surface area contributed by atoms with E-state index in [0.717, 1.165) is 9.47 Å². The van der Waals surface area contributed by atoms with Crippen LogP contribution in [0.25, 0.3) is 10.2 Å². The van der Waals surface area contributed by atoms with Crippen molar-refractivity contribution >= 4 is 33.8 Å². The van der Waals surface area contributed by atoms with Gasteiger partial charge in [0.1, 0.15) is 0 Å². The molecule has 114 valence electrons. The molecule has 0 unspecified atom stereocenters. The summed E-state index contributed by atoms with van der Waals surface area (Å²) in [6.45, 7) is 0. The number of fused-ring (bicyclic) bond motifs is 1. The van der Waals surface area contributed by atoms with E-state index in [9.17, 15) is 0 Å². The Morgan fingerprint density at radius 3 is 1.90 bits per heavy atom. The van der Waals surface area contributed by atoms with Crippen molar-refractivity contribution in [2.24, 2.45) is 0 Å². The van der Waals surface area contributed by atoms with Crippen molar-refractivity contribution in [1.29, 1.82) is 0 Å². The smallest absolute Gasteiger partial charge is 0.159 e. The quantitative estimate of drug-likeness (QED) is 0.241. The fourth-order valence-electron chi connectivity index (χ4n) is 1.54. The van der Waals surface area contributed by atoms with Gasteiger partial charge < -0.3 is 35.3 Å². The van der Waals surface area contributed by atoms with E-state index in [4.69, 9.17) is 12.2 Å². The van der Waals surface area contributed by atoms with Gasteiger partial charge in [-0.25, -0.2) is 12.1 Å². The number of hydrogen-bond donors (Lipinski definition) is 1. The van der Waals surface area contributed by atoms with Gasteiger partial charge in [-0.05, 0) is 24.4 Å². The second-order valence-electron chi connectivity index (χ2n) is 3.94. The normalized spacial score (nSPS) is 8.76. The van der Waals surface area contributed by atoms with Gasteiger partial charge in [-0.1, -0.05) is 12.1 Å². The van der Waals surface area contributed by atoms with Gasteiger partial charge in [0.2, 0.25) is 0 Å². The van der Waals surface area contributed by atoms with Gasteiger partial charge in [0.15, 0.2) is 3.95 Å². The first kappa shape index (κ1) is 17.6. The molecule has 0 aliphatic rings. The molecule has 0 saturated carbocycles. The molecule has 0 saturated heterocycles. The van der Waals surface area contributed by atoms with E-state index in [1.807, 2.05) is 78.9 Å². The van der Waals surface area contributed by atoms with E-state index in [-0.39, 0.29) is 17.1 Å². The minimum Gasteiger partial charge on any atom is -0.748 e. The summed E-state index contributed by atoms with van der Waals surface area (Å²) in [5.74, 6) is 0. The van der Waals surface area contributed by atoms with Gasteiger partial charge in [0, 0.05) is 17.1 Å². The molecule has 0 bridgehead atoms. The summed E-state index contributed by atoms with van der Waals surface area (Å²) in [5, 5.41) is 0. The maximum absolute atomic E-state index is 4.98. The Labute approximate surface area is 144 Å². The first-order valence-corrected chi connectivity index (χ1v) is 7.50. The van der Waals surface area contributed by atoms with E-state index in [1.54, 1.807) is 11.3 Å². The number of hydrogen-bond acceptors (Lipinski definition) is 2. The SMILES string of the molecule is S=c1[nH]c2ccccc2s1.[Fe].[cH-]1[cH-][cH-][cH-][cH-]1.c1cc[cH-]c1.